The van der Waals surface area contributed by atoms with E-state index in [0.717, 1.165) is 0 Å². The molecule has 0 saturated heterocycles. The lowest BCUT2D eigenvalue weighted by atomic mass is 10.2. The number of hydrogen-bond donors (Lipinski definition) is 2. The highest BCUT2D eigenvalue weighted by molar-refractivity contribution is 7.10. The van der Waals surface area contributed by atoms with Gasteiger partial charge in [0.2, 0.25) is 5.91 Å². The van der Waals surface area contributed by atoms with Gasteiger partial charge in [-0.1, -0.05) is 6.07 Å². The average molecular weight is 278 g/mol. The van der Waals surface area contributed by atoms with Gasteiger partial charge in [-0.05, 0) is 32.5 Å². The Morgan fingerprint density at radius 3 is 2.65 bits per heavy atom. The van der Waals surface area contributed by atoms with Gasteiger partial charge >= 0.3 is 0 Å². The molecule has 0 radical (unpaired) electrons. The lowest BCUT2D eigenvalue weighted by molar-refractivity contribution is -0.122. The smallest absolute Gasteiger partial charge is 0.236 e. The van der Waals surface area contributed by atoms with Gasteiger partial charge in [0.05, 0.1) is 12.1 Å². The van der Waals surface area contributed by atoms with E-state index in [0.29, 0.717) is 6.54 Å². The molecule has 0 aliphatic rings. The number of hydrogen-bond acceptors (Lipinski definition) is 4. The minimum absolute atomic E-state index is 0. The Morgan fingerprint density at radius 1 is 1.59 bits per heavy atom. The Bertz CT molecular complexity index is 327. The molecule has 1 rings (SSSR count). The molecule has 1 aromatic rings. The van der Waals surface area contributed by atoms with E-state index in [4.69, 9.17) is 5.73 Å². The maximum atomic E-state index is 11.4. The molecule has 0 aliphatic carbocycles. The van der Waals surface area contributed by atoms with Gasteiger partial charge < -0.3 is 16.0 Å². The fourth-order valence-electron chi connectivity index (χ4n) is 1.38. The van der Waals surface area contributed by atoms with Crippen LogP contribution in [0.1, 0.15) is 17.8 Å². The molecule has 0 fully saturated rings. The van der Waals surface area contributed by atoms with Crippen LogP contribution in [-0.2, 0) is 4.79 Å². The molecule has 0 aromatic carbocycles. The minimum Gasteiger partial charge on any atom is -0.353 e. The van der Waals surface area contributed by atoms with E-state index in [1.165, 1.54) is 4.88 Å². The minimum atomic E-state index is -0.453. The van der Waals surface area contributed by atoms with Gasteiger partial charge in [-0.15, -0.1) is 23.7 Å². The Labute approximate surface area is 113 Å². The zero-order chi connectivity index (χ0) is 12.1. The van der Waals surface area contributed by atoms with Crippen molar-refractivity contribution in [2.75, 3.05) is 20.6 Å². The molecule has 0 bridgehead atoms. The first-order valence-corrected chi connectivity index (χ1v) is 6.13. The van der Waals surface area contributed by atoms with Gasteiger partial charge in [0.15, 0.2) is 0 Å². The fraction of sp³-hybridized carbons (Fsp3) is 0.545. The van der Waals surface area contributed by atoms with Crippen LogP contribution in [0.5, 0.6) is 0 Å². The van der Waals surface area contributed by atoms with Crippen LogP contribution in [-0.4, -0.2) is 37.5 Å². The molecule has 0 aliphatic heterocycles. The second-order valence-corrected chi connectivity index (χ2v) is 5.01. The third kappa shape index (κ3) is 5.04. The molecule has 4 nitrogen and oxygen atoms in total. The molecule has 1 aromatic heterocycles. The quantitative estimate of drug-likeness (QED) is 0.851. The summed E-state index contributed by atoms with van der Waals surface area (Å²) < 4.78 is 0. The van der Waals surface area contributed by atoms with E-state index in [2.05, 4.69) is 16.3 Å². The number of halogens is 1. The van der Waals surface area contributed by atoms with Crippen LogP contribution < -0.4 is 11.1 Å². The summed E-state index contributed by atoms with van der Waals surface area (Å²) in [4.78, 5) is 14.7. The third-order valence-corrected chi connectivity index (χ3v) is 3.35. The van der Waals surface area contributed by atoms with Crippen LogP contribution >= 0.6 is 23.7 Å². The fourth-order valence-corrected chi connectivity index (χ4v) is 2.30. The number of likely N-dealkylation sites (N-methyl/N-ethyl adjacent to an activating group) is 1. The second kappa shape index (κ2) is 7.66. The molecule has 0 saturated carbocycles. The second-order valence-electron chi connectivity index (χ2n) is 4.03. The summed E-state index contributed by atoms with van der Waals surface area (Å²) in [5, 5.41) is 4.89. The summed E-state index contributed by atoms with van der Waals surface area (Å²) in [7, 11) is 4.00. The first-order valence-electron chi connectivity index (χ1n) is 5.25. The third-order valence-electron chi connectivity index (χ3n) is 2.38. The molecule has 17 heavy (non-hydrogen) atoms. The molecule has 2 atom stereocenters. The van der Waals surface area contributed by atoms with Crippen molar-refractivity contribution in [3.8, 4) is 0 Å². The Morgan fingerprint density at radius 2 is 2.24 bits per heavy atom. The van der Waals surface area contributed by atoms with E-state index < -0.39 is 6.04 Å². The lowest BCUT2D eigenvalue weighted by Crippen LogP contribution is -2.42. The highest BCUT2D eigenvalue weighted by Gasteiger charge is 2.16. The Hall–Kier alpha value is -0.620. The molecular weight excluding hydrogens is 258 g/mol. The monoisotopic (exact) mass is 277 g/mol. The largest absolute Gasteiger partial charge is 0.353 e. The van der Waals surface area contributed by atoms with Crippen molar-refractivity contribution in [1.82, 2.24) is 10.2 Å². The lowest BCUT2D eigenvalue weighted by Gasteiger charge is -2.23. The summed E-state index contributed by atoms with van der Waals surface area (Å²) in [6.45, 7) is 2.28. The zero-order valence-electron chi connectivity index (χ0n) is 10.3. The van der Waals surface area contributed by atoms with Gasteiger partial charge in [0.1, 0.15) is 0 Å². The summed E-state index contributed by atoms with van der Waals surface area (Å²) in [5.74, 6) is -0.108. The van der Waals surface area contributed by atoms with Gasteiger partial charge in [-0.25, -0.2) is 0 Å². The number of nitrogens with two attached hydrogens (primary N) is 1. The Kier molecular flexibility index (Phi) is 7.38. The zero-order valence-corrected chi connectivity index (χ0v) is 12.0. The SMILES string of the molecule is CC(N)C(=O)NCC(c1cccs1)N(C)C.Cl. The van der Waals surface area contributed by atoms with E-state index in [9.17, 15) is 4.79 Å². The first kappa shape index (κ1) is 16.4. The van der Waals surface area contributed by atoms with Crippen molar-refractivity contribution < 1.29 is 4.79 Å². The normalized spacial score (nSPS) is 13.9. The standard InChI is InChI=1S/C11H19N3OS.ClH/c1-8(12)11(15)13-7-9(14(2)3)10-5-4-6-16-10;/h4-6,8-9H,7,12H2,1-3H3,(H,13,15);1H. The van der Waals surface area contributed by atoms with Crippen molar-refractivity contribution in [3.05, 3.63) is 22.4 Å². The van der Waals surface area contributed by atoms with Gasteiger partial charge in [0.25, 0.3) is 0 Å². The van der Waals surface area contributed by atoms with Crippen LogP contribution in [0.3, 0.4) is 0 Å². The number of amides is 1. The summed E-state index contributed by atoms with van der Waals surface area (Å²) in [5.41, 5.74) is 5.49. The summed E-state index contributed by atoms with van der Waals surface area (Å²) in [6, 6.07) is 3.85. The maximum Gasteiger partial charge on any atom is 0.236 e. The van der Waals surface area contributed by atoms with Crippen LogP contribution in [0.4, 0.5) is 0 Å². The molecule has 98 valence electrons. The van der Waals surface area contributed by atoms with Crippen LogP contribution in [0.2, 0.25) is 0 Å². The first-order chi connectivity index (χ1) is 7.52. The van der Waals surface area contributed by atoms with Crippen molar-refractivity contribution >= 4 is 29.7 Å². The maximum absolute atomic E-state index is 11.4. The van der Waals surface area contributed by atoms with E-state index >= 15 is 0 Å². The van der Waals surface area contributed by atoms with Crippen LogP contribution in [0.25, 0.3) is 0 Å². The molecule has 3 N–H and O–H groups in total. The van der Waals surface area contributed by atoms with E-state index in [1.54, 1.807) is 18.3 Å². The van der Waals surface area contributed by atoms with Crippen molar-refractivity contribution in [2.45, 2.75) is 19.0 Å². The molecule has 2 unspecified atom stereocenters. The molecular formula is C11H20ClN3OS. The van der Waals surface area contributed by atoms with E-state index in [-0.39, 0.29) is 24.4 Å². The van der Waals surface area contributed by atoms with Crippen LogP contribution in [0, 0.1) is 0 Å². The van der Waals surface area contributed by atoms with Crippen molar-refractivity contribution in [3.63, 3.8) is 0 Å². The molecule has 1 heterocycles. The predicted octanol–water partition coefficient (Wildman–Crippen LogP) is 1.24. The number of nitrogens with one attached hydrogen (secondary N) is 1. The topological polar surface area (TPSA) is 58.4 Å². The van der Waals surface area contributed by atoms with E-state index in [1.807, 2.05) is 25.5 Å². The molecule has 6 heteroatoms. The van der Waals surface area contributed by atoms with Crippen molar-refractivity contribution in [1.29, 1.82) is 0 Å². The number of carbonyl (C=O) groups excluding carboxylic acids is 1. The highest BCUT2D eigenvalue weighted by atomic mass is 35.5. The van der Waals surface area contributed by atoms with Gasteiger partial charge in [-0.2, -0.15) is 0 Å². The van der Waals surface area contributed by atoms with Gasteiger partial charge in [0, 0.05) is 11.4 Å². The average Bonchev–Trinajstić information content (AvgIpc) is 2.70. The summed E-state index contributed by atoms with van der Waals surface area (Å²) >= 11 is 1.70. The highest BCUT2D eigenvalue weighted by Crippen LogP contribution is 2.22. The summed E-state index contributed by atoms with van der Waals surface area (Å²) in [6.07, 6.45) is 0. The van der Waals surface area contributed by atoms with Crippen LogP contribution in [0.15, 0.2) is 17.5 Å². The number of thiophene rings is 1. The number of carbonyl (C=O) groups is 1. The van der Waals surface area contributed by atoms with Gasteiger partial charge in [-0.3, -0.25) is 4.79 Å². The number of nitrogens with zero attached hydrogens (tertiary/aromatic N) is 1. The predicted molar refractivity (Wildman–Crippen MR) is 74.7 cm³/mol. The molecule has 1 amide bonds. The number of rotatable bonds is 5. The van der Waals surface area contributed by atoms with Crippen molar-refractivity contribution in [2.24, 2.45) is 5.73 Å². The Balaban J connectivity index is 0.00000256. The molecule has 0 spiro atoms.